The van der Waals surface area contributed by atoms with Crippen molar-refractivity contribution >= 4 is 15.8 Å². The van der Waals surface area contributed by atoms with Gasteiger partial charge in [0.05, 0.1) is 19.7 Å². The Morgan fingerprint density at radius 3 is 2.41 bits per heavy atom. The first-order valence-electron chi connectivity index (χ1n) is 13.0. The molecule has 0 unspecified atom stereocenters. The predicted octanol–water partition coefficient (Wildman–Crippen LogP) is 3.85. The fourth-order valence-corrected chi connectivity index (χ4v) is 3.62. The molecule has 4 aromatic rings. The van der Waals surface area contributed by atoms with Gasteiger partial charge in [0.15, 0.2) is 28.2 Å². The number of aromatic nitrogens is 4. The van der Waals surface area contributed by atoms with Crippen LogP contribution in [0, 0.1) is 6.85 Å². The van der Waals surface area contributed by atoms with Gasteiger partial charge >= 0.3 is 0 Å². The summed E-state index contributed by atoms with van der Waals surface area (Å²) in [6.45, 7) is -2.50. The second kappa shape index (κ2) is 9.71. The lowest BCUT2D eigenvalue weighted by Gasteiger charge is -2.17. The molecule has 1 aromatic carbocycles. The predicted molar refractivity (Wildman–Crippen MR) is 125 cm³/mol. The molecule has 0 aliphatic carbocycles. The molecule has 0 saturated heterocycles. The van der Waals surface area contributed by atoms with Gasteiger partial charge in [-0.3, -0.25) is 9.71 Å². The maximum Gasteiger partial charge on any atom is 0.280 e. The largest absolute Gasteiger partial charge is 0.493 e. The van der Waals surface area contributed by atoms with E-state index in [1.165, 1.54) is 26.6 Å². The average molecular weight is 487 g/mol. The summed E-state index contributed by atoms with van der Waals surface area (Å²) < 4.78 is 100.0. The lowest BCUT2D eigenvalue weighted by molar-refractivity contribution is 0.348. The van der Waals surface area contributed by atoms with Crippen molar-refractivity contribution in [2.24, 2.45) is 0 Å². The van der Waals surface area contributed by atoms with E-state index in [0.29, 0.717) is 5.56 Å². The average Bonchev–Trinajstić information content (AvgIpc) is 2.95. The number of hydrogen-bond acceptors (Lipinski definition) is 9. The molecule has 4 rings (SSSR count). The number of hydrogen-bond donors (Lipinski definition) is 1. The summed E-state index contributed by atoms with van der Waals surface area (Å²) in [5.41, 5.74) is 0.249. The number of para-hydroxylation sites is 2. The molecule has 0 fully saturated rings. The van der Waals surface area contributed by atoms with Gasteiger partial charge < -0.3 is 14.2 Å². The third-order valence-electron chi connectivity index (χ3n) is 4.24. The van der Waals surface area contributed by atoms with Crippen molar-refractivity contribution in [3.8, 4) is 34.5 Å². The number of pyridine rings is 2. The van der Waals surface area contributed by atoms with Gasteiger partial charge in [-0.25, -0.2) is 9.97 Å². The lowest BCUT2D eigenvalue weighted by atomic mass is 10.2. The number of nitrogens with one attached hydrogen (secondary N) is 1. The first-order chi connectivity index (χ1) is 19.3. The standard InChI is InChI=1S/C23H21N5O5S/c1-15-8-9-19(25-14-15)34(29,30)28-22-20(33-18-7-5-4-6-17(18)31-2)23(32-3)27-21(26-22)16-10-12-24-13-11-16/h4-14H,1-3H3,(H,26,27,28)/i1D3,4D,5D,6D,7D. The summed E-state index contributed by atoms with van der Waals surface area (Å²) in [5, 5.41) is -0.543. The molecular formula is C23H21N5O5S. The monoisotopic (exact) mass is 486 g/mol. The number of rotatable bonds is 8. The van der Waals surface area contributed by atoms with E-state index in [-0.39, 0.29) is 23.0 Å². The highest BCUT2D eigenvalue weighted by molar-refractivity contribution is 7.92. The van der Waals surface area contributed by atoms with Gasteiger partial charge in [0.1, 0.15) is 0 Å². The maximum absolute atomic E-state index is 13.3. The van der Waals surface area contributed by atoms with E-state index in [9.17, 15) is 8.42 Å². The van der Waals surface area contributed by atoms with Crippen LogP contribution in [0.5, 0.6) is 23.1 Å². The van der Waals surface area contributed by atoms with E-state index >= 15 is 0 Å². The summed E-state index contributed by atoms with van der Waals surface area (Å²) in [6.07, 6.45) is 3.83. The Labute approximate surface area is 206 Å². The van der Waals surface area contributed by atoms with Crippen molar-refractivity contribution < 1.29 is 32.2 Å². The van der Waals surface area contributed by atoms with Crippen LogP contribution < -0.4 is 18.9 Å². The van der Waals surface area contributed by atoms with Crippen LogP contribution in [0.1, 0.15) is 15.2 Å². The summed E-state index contributed by atoms with van der Waals surface area (Å²) >= 11 is 0. The molecule has 0 saturated carbocycles. The molecule has 0 atom stereocenters. The third kappa shape index (κ3) is 4.89. The number of anilines is 1. The van der Waals surface area contributed by atoms with E-state index in [0.717, 1.165) is 18.3 Å². The lowest BCUT2D eigenvalue weighted by Crippen LogP contribution is -2.17. The summed E-state index contributed by atoms with van der Waals surface area (Å²) in [5.74, 6) is -2.12. The summed E-state index contributed by atoms with van der Waals surface area (Å²) in [7, 11) is -2.14. The van der Waals surface area contributed by atoms with Crippen molar-refractivity contribution in [3.63, 3.8) is 0 Å². The zero-order valence-electron chi connectivity index (χ0n) is 24.8. The molecule has 0 amide bonds. The van der Waals surface area contributed by atoms with Crippen LogP contribution >= 0.6 is 0 Å². The number of benzene rings is 1. The van der Waals surface area contributed by atoms with E-state index in [4.69, 9.17) is 23.8 Å². The van der Waals surface area contributed by atoms with Gasteiger partial charge in [0.2, 0.25) is 5.75 Å². The van der Waals surface area contributed by atoms with Crippen LogP contribution in [-0.4, -0.2) is 42.6 Å². The number of methoxy groups -OCH3 is 2. The zero-order chi connectivity index (χ0) is 30.1. The van der Waals surface area contributed by atoms with Crippen LogP contribution in [0.4, 0.5) is 5.82 Å². The van der Waals surface area contributed by atoms with Crippen LogP contribution in [0.25, 0.3) is 11.4 Å². The molecule has 0 aliphatic rings. The van der Waals surface area contributed by atoms with E-state index < -0.39 is 63.4 Å². The minimum Gasteiger partial charge on any atom is -0.493 e. The zero-order valence-corrected chi connectivity index (χ0v) is 18.6. The van der Waals surface area contributed by atoms with Gasteiger partial charge in [-0.1, -0.05) is 18.2 Å². The fraction of sp³-hybridized carbons (Fsp3) is 0.130. The van der Waals surface area contributed by atoms with Crippen LogP contribution in [0.15, 0.2) is 72.1 Å². The van der Waals surface area contributed by atoms with Crippen molar-refractivity contribution in [3.05, 3.63) is 72.6 Å². The Hall–Kier alpha value is -4.25. The Kier molecular flexibility index (Phi) is 4.44. The molecule has 0 spiro atoms. The van der Waals surface area contributed by atoms with Gasteiger partial charge in [0.25, 0.3) is 15.9 Å². The molecule has 0 bridgehead atoms. The molecule has 11 heteroatoms. The molecule has 34 heavy (non-hydrogen) atoms. The minimum absolute atomic E-state index is 0.0121. The highest BCUT2D eigenvalue weighted by Gasteiger charge is 2.25. The summed E-state index contributed by atoms with van der Waals surface area (Å²) in [4.78, 5) is 16.3. The van der Waals surface area contributed by atoms with Gasteiger partial charge in [-0.05, 0) is 42.7 Å². The fourth-order valence-electron chi connectivity index (χ4n) is 2.69. The van der Waals surface area contributed by atoms with Crippen molar-refractivity contribution in [1.29, 1.82) is 0 Å². The molecule has 0 aliphatic heterocycles. The van der Waals surface area contributed by atoms with E-state index in [1.54, 1.807) is 12.1 Å². The smallest absolute Gasteiger partial charge is 0.280 e. The highest BCUT2D eigenvalue weighted by atomic mass is 32.2. The number of sulfonamides is 1. The molecule has 1 N–H and O–H groups in total. The summed E-state index contributed by atoms with van der Waals surface area (Å²) in [6, 6.07) is 2.82. The Bertz CT molecular complexity index is 1710. The number of nitrogens with zero attached hydrogens (tertiary/aromatic N) is 4. The first kappa shape index (κ1) is 15.6. The number of ether oxygens (including phenoxy) is 3. The van der Waals surface area contributed by atoms with Crippen LogP contribution in [-0.2, 0) is 10.0 Å². The Morgan fingerprint density at radius 1 is 1.00 bits per heavy atom. The highest BCUT2D eigenvalue weighted by Crippen LogP contribution is 2.41. The first-order valence-corrected chi connectivity index (χ1v) is 10.9. The molecule has 0 radical (unpaired) electrons. The second-order valence-electron chi connectivity index (χ2n) is 6.43. The van der Waals surface area contributed by atoms with Crippen LogP contribution in [0.2, 0.25) is 0 Å². The van der Waals surface area contributed by atoms with Crippen molar-refractivity contribution in [2.75, 3.05) is 18.9 Å². The maximum atomic E-state index is 13.3. The van der Waals surface area contributed by atoms with Crippen LogP contribution in [0.3, 0.4) is 0 Å². The quantitative estimate of drug-likeness (QED) is 0.395. The molecule has 10 nitrogen and oxygen atoms in total. The van der Waals surface area contributed by atoms with Crippen molar-refractivity contribution in [1.82, 2.24) is 19.9 Å². The van der Waals surface area contributed by atoms with E-state index in [2.05, 4.69) is 24.7 Å². The molecule has 174 valence electrons. The van der Waals surface area contributed by atoms with Gasteiger partial charge in [0, 0.05) is 28.3 Å². The Morgan fingerprint density at radius 2 is 1.76 bits per heavy atom. The number of aryl methyl sites for hydroxylation is 1. The topological polar surface area (TPSA) is 125 Å². The Balaban J connectivity index is 1.91. The van der Waals surface area contributed by atoms with Gasteiger partial charge in [-0.15, -0.1) is 0 Å². The molecule has 3 aromatic heterocycles. The van der Waals surface area contributed by atoms with E-state index in [1.807, 2.05) is 0 Å². The van der Waals surface area contributed by atoms with Crippen molar-refractivity contribution in [2.45, 2.75) is 11.9 Å². The second-order valence-corrected chi connectivity index (χ2v) is 8.05. The SMILES string of the molecule is [2H]c1c([2H])c([2H])c(Oc2c(NS(=O)(=O)c3ccc(C([2H])([2H])[2H])cn3)nc(-c3ccncc3)nc2OC)c(OC)c1[2H]. The molecular weight excluding hydrogens is 458 g/mol. The third-order valence-corrected chi connectivity index (χ3v) is 5.49. The minimum atomic E-state index is -4.53. The van der Waals surface area contributed by atoms with Gasteiger partial charge in [-0.2, -0.15) is 13.4 Å². The normalized spacial score (nSPS) is 14.4. The molecule has 3 heterocycles.